The van der Waals surface area contributed by atoms with Gasteiger partial charge in [-0.25, -0.2) is 4.79 Å². The van der Waals surface area contributed by atoms with Gasteiger partial charge in [0, 0.05) is 18.2 Å². The molecular weight excluding hydrogens is 322 g/mol. The number of rotatable bonds is 4. The lowest BCUT2D eigenvalue weighted by Gasteiger charge is -2.25. The number of aryl methyl sites for hydroxylation is 2. The van der Waals surface area contributed by atoms with E-state index in [4.69, 9.17) is 14.0 Å². The van der Waals surface area contributed by atoms with Gasteiger partial charge in [0.15, 0.2) is 0 Å². The van der Waals surface area contributed by atoms with Gasteiger partial charge in [-0.05, 0) is 38.8 Å². The zero-order chi connectivity index (χ0) is 18.0. The van der Waals surface area contributed by atoms with Crippen LogP contribution in [-0.4, -0.2) is 36.9 Å². The van der Waals surface area contributed by atoms with E-state index in [0.29, 0.717) is 23.7 Å². The van der Waals surface area contributed by atoms with Crippen molar-refractivity contribution in [1.82, 2.24) is 10.1 Å². The zero-order valence-electron chi connectivity index (χ0n) is 15.0. The number of nitrogens with one attached hydrogen (secondary N) is 1. The maximum atomic E-state index is 12.8. The Hall–Kier alpha value is -2.70. The molecule has 2 aromatic rings. The van der Waals surface area contributed by atoms with E-state index < -0.39 is 0 Å². The first-order valence-corrected chi connectivity index (χ1v) is 8.27. The average molecular weight is 345 g/mol. The Balaban J connectivity index is 1.81. The van der Waals surface area contributed by atoms with E-state index in [9.17, 15) is 4.79 Å². The number of hydrogen-bond donors (Lipinski definition) is 1. The Kier molecular flexibility index (Phi) is 4.83. The van der Waals surface area contributed by atoms with Crippen LogP contribution in [0, 0.1) is 13.8 Å². The van der Waals surface area contributed by atoms with E-state index in [1.165, 1.54) is 0 Å². The van der Waals surface area contributed by atoms with Gasteiger partial charge < -0.3 is 24.2 Å². The minimum atomic E-state index is -0.161. The van der Waals surface area contributed by atoms with Crippen molar-refractivity contribution in [3.63, 3.8) is 0 Å². The third-order valence-corrected chi connectivity index (χ3v) is 4.59. The second-order valence-electron chi connectivity index (χ2n) is 6.09. The number of carbonyl (C=O) groups is 1. The third kappa shape index (κ3) is 3.26. The van der Waals surface area contributed by atoms with Crippen molar-refractivity contribution in [2.24, 2.45) is 0 Å². The zero-order valence-corrected chi connectivity index (χ0v) is 15.0. The molecule has 0 saturated carbocycles. The Morgan fingerprint density at radius 3 is 2.76 bits per heavy atom. The fourth-order valence-electron chi connectivity index (χ4n) is 3.36. The third-order valence-electron chi connectivity index (χ3n) is 4.59. The van der Waals surface area contributed by atoms with Crippen molar-refractivity contribution < 1.29 is 18.8 Å². The van der Waals surface area contributed by atoms with Crippen LogP contribution in [0.5, 0.6) is 11.5 Å². The molecule has 0 radical (unpaired) electrons. The lowest BCUT2D eigenvalue weighted by atomic mass is 10.0. The summed E-state index contributed by atoms with van der Waals surface area (Å²) < 4.78 is 15.8. The first-order valence-electron chi connectivity index (χ1n) is 8.27. The quantitative estimate of drug-likeness (QED) is 0.915. The van der Waals surface area contributed by atoms with Gasteiger partial charge in [-0.15, -0.1) is 0 Å². The largest absolute Gasteiger partial charge is 0.497 e. The number of likely N-dealkylation sites (tertiary alicyclic amines) is 1. The van der Waals surface area contributed by atoms with Crippen molar-refractivity contribution in [1.29, 1.82) is 0 Å². The van der Waals surface area contributed by atoms with Gasteiger partial charge in [0.1, 0.15) is 17.3 Å². The second kappa shape index (κ2) is 7.04. The normalized spacial score (nSPS) is 16.8. The molecule has 2 heterocycles. The van der Waals surface area contributed by atoms with Crippen molar-refractivity contribution in [3.8, 4) is 11.5 Å². The lowest BCUT2D eigenvalue weighted by molar-refractivity contribution is 0.206. The van der Waals surface area contributed by atoms with E-state index in [0.717, 1.165) is 29.9 Å². The first kappa shape index (κ1) is 17.1. The number of amides is 2. The number of anilines is 1. The number of carbonyl (C=O) groups excluding carboxylic acids is 1. The lowest BCUT2D eigenvalue weighted by Crippen LogP contribution is -2.34. The highest BCUT2D eigenvalue weighted by Gasteiger charge is 2.34. The van der Waals surface area contributed by atoms with E-state index in [-0.39, 0.29) is 12.1 Å². The van der Waals surface area contributed by atoms with E-state index >= 15 is 0 Å². The molecule has 2 amide bonds. The molecule has 0 bridgehead atoms. The predicted octanol–water partition coefficient (Wildman–Crippen LogP) is 3.68. The molecule has 1 aliphatic heterocycles. The maximum absolute atomic E-state index is 12.8. The monoisotopic (exact) mass is 345 g/mol. The second-order valence-corrected chi connectivity index (χ2v) is 6.09. The summed E-state index contributed by atoms with van der Waals surface area (Å²) in [6.07, 6.45) is 1.85. The molecule has 1 N–H and O–H groups in total. The van der Waals surface area contributed by atoms with Crippen LogP contribution in [0.2, 0.25) is 0 Å². The smallest absolute Gasteiger partial charge is 0.322 e. The van der Waals surface area contributed by atoms with Crippen LogP contribution >= 0.6 is 0 Å². The summed E-state index contributed by atoms with van der Waals surface area (Å²) in [6, 6.07) is 5.12. The molecule has 1 aliphatic rings. The molecule has 7 heteroatoms. The number of aromatic nitrogens is 1. The fraction of sp³-hybridized carbons (Fsp3) is 0.444. The van der Waals surface area contributed by atoms with Crippen LogP contribution in [0.25, 0.3) is 0 Å². The van der Waals surface area contributed by atoms with Crippen LogP contribution in [-0.2, 0) is 0 Å². The number of hydrogen-bond acceptors (Lipinski definition) is 5. The van der Waals surface area contributed by atoms with E-state index in [1.54, 1.807) is 32.4 Å². The summed E-state index contributed by atoms with van der Waals surface area (Å²) in [6.45, 7) is 4.49. The highest BCUT2D eigenvalue weighted by Crippen LogP contribution is 2.36. The number of urea groups is 1. The van der Waals surface area contributed by atoms with Gasteiger partial charge in [0.25, 0.3) is 0 Å². The summed E-state index contributed by atoms with van der Waals surface area (Å²) in [4.78, 5) is 14.7. The van der Waals surface area contributed by atoms with Crippen molar-refractivity contribution >= 4 is 11.7 Å². The maximum Gasteiger partial charge on any atom is 0.322 e. The minimum absolute atomic E-state index is 0.0181. The SMILES string of the molecule is COc1ccc(NC(=O)N2CCC[C@@H]2c2c(C)noc2C)c(OC)c1. The van der Waals surface area contributed by atoms with Crippen LogP contribution < -0.4 is 14.8 Å². The van der Waals surface area contributed by atoms with Gasteiger partial charge in [-0.1, -0.05) is 5.16 Å². The molecule has 25 heavy (non-hydrogen) atoms. The summed E-state index contributed by atoms with van der Waals surface area (Å²) >= 11 is 0. The Labute approximate surface area is 146 Å². The van der Waals surface area contributed by atoms with Gasteiger partial charge >= 0.3 is 6.03 Å². The minimum Gasteiger partial charge on any atom is -0.497 e. The molecular formula is C18H23N3O4. The summed E-state index contributed by atoms with van der Waals surface area (Å²) in [5.41, 5.74) is 2.45. The van der Waals surface area contributed by atoms with Gasteiger partial charge in [-0.2, -0.15) is 0 Å². The predicted molar refractivity (Wildman–Crippen MR) is 93.2 cm³/mol. The molecule has 1 aromatic heterocycles. The summed E-state index contributed by atoms with van der Waals surface area (Å²) in [7, 11) is 3.15. The van der Waals surface area contributed by atoms with Gasteiger partial charge in [0.2, 0.25) is 0 Å². The highest BCUT2D eigenvalue weighted by atomic mass is 16.5. The Morgan fingerprint density at radius 2 is 2.12 bits per heavy atom. The molecule has 7 nitrogen and oxygen atoms in total. The number of benzene rings is 1. The van der Waals surface area contributed by atoms with Crippen molar-refractivity contribution in [2.75, 3.05) is 26.1 Å². The molecule has 0 spiro atoms. The summed E-state index contributed by atoms with van der Waals surface area (Å²) in [5.74, 6) is 2.00. The van der Waals surface area contributed by atoms with Crippen LogP contribution in [0.3, 0.4) is 0 Å². The number of methoxy groups -OCH3 is 2. The number of nitrogens with zero attached hydrogens (tertiary/aromatic N) is 2. The highest BCUT2D eigenvalue weighted by molar-refractivity contribution is 5.91. The van der Waals surface area contributed by atoms with E-state index in [2.05, 4.69) is 10.5 Å². The first-order chi connectivity index (χ1) is 12.0. The van der Waals surface area contributed by atoms with Gasteiger partial charge in [0.05, 0.1) is 31.6 Å². The standard InChI is InChI=1S/C18H23N3O4/c1-11-17(12(2)25-20-11)15-6-5-9-21(15)18(22)19-14-8-7-13(23-3)10-16(14)24-4/h7-8,10,15H,5-6,9H2,1-4H3,(H,19,22)/t15-/m1/s1. The molecule has 1 fully saturated rings. The molecule has 1 atom stereocenters. The van der Waals surface area contributed by atoms with Crippen molar-refractivity contribution in [2.45, 2.75) is 32.7 Å². The molecule has 1 aromatic carbocycles. The molecule has 0 unspecified atom stereocenters. The Bertz CT molecular complexity index is 752. The number of ether oxygens (including phenoxy) is 2. The molecule has 3 rings (SSSR count). The van der Waals surface area contributed by atoms with Crippen molar-refractivity contribution in [3.05, 3.63) is 35.2 Å². The van der Waals surface area contributed by atoms with Crippen LogP contribution in [0.1, 0.15) is 35.9 Å². The van der Waals surface area contributed by atoms with Crippen LogP contribution in [0.15, 0.2) is 22.7 Å². The van der Waals surface area contributed by atoms with Crippen LogP contribution in [0.4, 0.5) is 10.5 Å². The van der Waals surface area contributed by atoms with Gasteiger partial charge in [-0.3, -0.25) is 0 Å². The van der Waals surface area contributed by atoms with E-state index in [1.807, 2.05) is 18.7 Å². The Morgan fingerprint density at radius 1 is 1.32 bits per heavy atom. The average Bonchev–Trinajstić information content (AvgIpc) is 3.21. The topological polar surface area (TPSA) is 76.8 Å². The fourth-order valence-corrected chi connectivity index (χ4v) is 3.36. The molecule has 134 valence electrons. The molecule has 1 saturated heterocycles. The molecule has 0 aliphatic carbocycles. The summed E-state index contributed by atoms with van der Waals surface area (Å²) in [5, 5.41) is 6.96.